The maximum absolute atomic E-state index is 12.5. The molecule has 0 saturated heterocycles. The van der Waals surface area contributed by atoms with Gasteiger partial charge in [-0.1, -0.05) is 13.0 Å². The van der Waals surface area contributed by atoms with E-state index in [0.29, 0.717) is 6.61 Å². The van der Waals surface area contributed by atoms with Gasteiger partial charge in [0.25, 0.3) is 0 Å². The van der Waals surface area contributed by atoms with Crippen LogP contribution in [0.5, 0.6) is 5.75 Å². The number of rotatable bonds is 5. The Morgan fingerprint density at radius 1 is 1.33 bits per heavy atom. The van der Waals surface area contributed by atoms with Crippen molar-refractivity contribution < 1.29 is 9.13 Å². The van der Waals surface area contributed by atoms with E-state index in [1.807, 2.05) is 25.1 Å². The van der Waals surface area contributed by atoms with E-state index in [1.165, 1.54) is 0 Å². The second kappa shape index (κ2) is 5.74. The van der Waals surface area contributed by atoms with Crippen molar-refractivity contribution in [1.82, 2.24) is 0 Å². The van der Waals surface area contributed by atoms with Gasteiger partial charge in [0.1, 0.15) is 5.75 Å². The number of aryl methyl sites for hydroxylation is 1. The fraction of sp³-hybridized carbons (Fsp3) is 0.462. The van der Waals surface area contributed by atoms with Gasteiger partial charge < -0.3 is 4.74 Å². The molecule has 2 heteroatoms. The Morgan fingerprint density at radius 3 is 2.60 bits per heavy atom. The molecule has 0 bridgehead atoms. The van der Waals surface area contributed by atoms with E-state index in [9.17, 15) is 4.39 Å². The topological polar surface area (TPSA) is 9.23 Å². The summed E-state index contributed by atoms with van der Waals surface area (Å²) in [6.07, 6.45) is 0.924. The number of hydrogen-bond acceptors (Lipinski definition) is 1. The molecule has 0 aromatic heterocycles. The fourth-order valence-electron chi connectivity index (χ4n) is 1.46. The summed E-state index contributed by atoms with van der Waals surface area (Å²) in [5.41, 5.74) is 2.08. The molecule has 0 aliphatic carbocycles. The Kier molecular flexibility index (Phi) is 4.60. The van der Waals surface area contributed by atoms with Gasteiger partial charge in [-0.25, -0.2) is 0 Å². The third kappa shape index (κ3) is 3.22. The average molecular weight is 209 g/mol. The second-order valence-corrected chi connectivity index (χ2v) is 3.55. The Labute approximate surface area is 91.3 Å². The number of hydrogen-bond donors (Lipinski definition) is 0. The highest BCUT2D eigenvalue weighted by Crippen LogP contribution is 2.24. The highest BCUT2D eigenvalue weighted by atomic mass is 19.1. The molecule has 1 radical (unpaired) electrons. The standard InChI is InChI=1S/C13H18FO/c1-4-11-6-12(10(3)9-14)8-13(7-11)15-5-2/h6-8,10H,3-5,9H2,1-2H3. The van der Waals surface area contributed by atoms with Gasteiger partial charge in [0.15, 0.2) is 0 Å². The van der Waals surface area contributed by atoms with Crippen LogP contribution in [0.1, 0.15) is 30.9 Å². The van der Waals surface area contributed by atoms with Crippen LogP contribution in [0.25, 0.3) is 0 Å². The molecule has 1 rings (SSSR count). The third-order valence-electron chi connectivity index (χ3n) is 2.37. The highest BCUT2D eigenvalue weighted by molar-refractivity contribution is 5.36. The summed E-state index contributed by atoms with van der Waals surface area (Å²) in [4.78, 5) is 0. The van der Waals surface area contributed by atoms with Gasteiger partial charge in [-0.05, 0) is 43.5 Å². The van der Waals surface area contributed by atoms with Crippen molar-refractivity contribution in [1.29, 1.82) is 0 Å². The Morgan fingerprint density at radius 2 is 2.07 bits per heavy atom. The Bertz CT molecular complexity index is 309. The predicted octanol–water partition coefficient (Wildman–Crippen LogP) is 3.53. The molecule has 0 aliphatic heterocycles. The first-order chi connectivity index (χ1) is 7.21. The van der Waals surface area contributed by atoms with Crippen molar-refractivity contribution in [2.45, 2.75) is 26.2 Å². The molecule has 0 heterocycles. The molecule has 0 amide bonds. The Hall–Kier alpha value is -1.05. The monoisotopic (exact) mass is 209 g/mol. The van der Waals surface area contributed by atoms with Gasteiger partial charge in [-0.3, -0.25) is 4.39 Å². The van der Waals surface area contributed by atoms with Crippen molar-refractivity contribution in [2.24, 2.45) is 0 Å². The zero-order valence-electron chi connectivity index (χ0n) is 9.42. The molecule has 1 aromatic rings. The molecule has 0 fully saturated rings. The van der Waals surface area contributed by atoms with Gasteiger partial charge in [-0.15, -0.1) is 0 Å². The lowest BCUT2D eigenvalue weighted by atomic mass is 9.99. The molecule has 0 saturated carbocycles. The summed E-state index contributed by atoms with van der Waals surface area (Å²) < 4.78 is 18.0. The van der Waals surface area contributed by atoms with Crippen LogP contribution in [0.15, 0.2) is 18.2 Å². The number of benzene rings is 1. The van der Waals surface area contributed by atoms with Gasteiger partial charge in [0.2, 0.25) is 0 Å². The van der Waals surface area contributed by atoms with E-state index in [1.54, 1.807) is 0 Å². The first-order valence-electron chi connectivity index (χ1n) is 5.37. The summed E-state index contributed by atoms with van der Waals surface area (Å²) in [5, 5.41) is 0. The molecule has 15 heavy (non-hydrogen) atoms. The molecule has 1 atom stereocenters. The third-order valence-corrected chi connectivity index (χ3v) is 2.37. The van der Waals surface area contributed by atoms with E-state index in [2.05, 4.69) is 13.8 Å². The second-order valence-electron chi connectivity index (χ2n) is 3.55. The molecular weight excluding hydrogens is 191 g/mol. The molecule has 1 nitrogen and oxygen atoms in total. The zero-order valence-corrected chi connectivity index (χ0v) is 9.42. The largest absolute Gasteiger partial charge is 0.494 e. The highest BCUT2D eigenvalue weighted by Gasteiger charge is 2.08. The predicted molar refractivity (Wildman–Crippen MR) is 61.1 cm³/mol. The minimum Gasteiger partial charge on any atom is -0.494 e. The maximum Gasteiger partial charge on any atom is 0.119 e. The molecule has 83 valence electrons. The molecule has 0 aliphatic rings. The van der Waals surface area contributed by atoms with Gasteiger partial charge in [0, 0.05) is 5.92 Å². The average Bonchev–Trinajstić information content (AvgIpc) is 2.28. The molecular formula is C13H18FO. The quantitative estimate of drug-likeness (QED) is 0.720. The van der Waals surface area contributed by atoms with E-state index in [0.717, 1.165) is 23.3 Å². The van der Waals surface area contributed by atoms with Crippen LogP contribution >= 0.6 is 0 Å². The number of halogens is 1. The minimum atomic E-state index is -0.432. The van der Waals surface area contributed by atoms with Crippen LogP contribution in [0, 0.1) is 6.92 Å². The van der Waals surface area contributed by atoms with Crippen LogP contribution in [-0.2, 0) is 6.42 Å². The van der Waals surface area contributed by atoms with Crippen LogP contribution in [0.2, 0.25) is 0 Å². The summed E-state index contributed by atoms with van der Waals surface area (Å²) >= 11 is 0. The first kappa shape index (κ1) is 12.0. The number of alkyl halides is 1. The molecule has 1 aromatic carbocycles. The van der Waals surface area contributed by atoms with Crippen molar-refractivity contribution in [3.05, 3.63) is 36.2 Å². The number of ether oxygens (including phenoxy) is 1. The van der Waals surface area contributed by atoms with E-state index >= 15 is 0 Å². The maximum atomic E-state index is 12.5. The van der Waals surface area contributed by atoms with Crippen LogP contribution in [0.3, 0.4) is 0 Å². The van der Waals surface area contributed by atoms with Crippen molar-refractivity contribution in [3.63, 3.8) is 0 Å². The van der Waals surface area contributed by atoms with Crippen LogP contribution < -0.4 is 4.74 Å². The minimum absolute atomic E-state index is 0.296. The van der Waals surface area contributed by atoms with Gasteiger partial charge in [0.05, 0.1) is 13.3 Å². The fourth-order valence-corrected chi connectivity index (χ4v) is 1.46. The zero-order chi connectivity index (χ0) is 11.3. The summed E-state index contributed by atoms with van der Waals surface area (Å²) in [7, 11) is 0. The molecule has 0 N–H and O–H groups in total. The lowest BCUT2D eigenvalue weighted by Crippen LogP contribution is -2.00. The van der Waals surface area contributed by atoms with E-state index in [-0.39, 0.29) is 5.92 Å². The van der Waals surface area contributed by atoms with Crippen molar-refractivity contribution in [2.75, 3.05) is 13.3 Å². The summed E-state index contributed by atoms with van der Waals surface area (Å²) in [6.45, 7) is 7.98. The van der Waals surface area contributed by atoms with Crippen molar-refractivity contribution >= 4 is 0 Å². The lowest BCUT2D eigenvalue weighted by molar-refractivity contribution is 0.339. The van der Waals surface area contributed by atoms with Gasteiger partial charge >= 0.3 is 0 Å². The van der Waals surface area contributed by atoms with Crippen LogP contribution in [0.4, 0.5) is 4.39 Å². The summed E-state index contributed by atoms with van der Waals surface area (Å²) in [5.74, 6) is 0.518. The van der Waals surface area contributed by atoms with Crippen molar-refractivity contribution in [3.8, 4) is 5.75 Å². The SMILES string of the molecule is [CH2]C(CF)c1cc(CC)cc(OCC)c1. The van der Waals surface area contributed by atoms with Gasteiger partial charge in [-0.2, -0.15) is 0 Å². The summed E-state index contributed by atoms with van der Waals surface area (Å²) in [6, 6.07) is 5.87. The van der Waals surface area contributed by atoms with Crippen LogP contribution in [-0.4, -0.2) is 13.3 Å². The Balaban J connectivity index is 2.99. The smallest absolute Gasteiger partial charge is 0.119 e. The molecule has 1 unspecified atom stereocenters. The van der Waals surface area contributed by atoms with E-state index in [4.69, 9.17) is 4.74 Å². The normalized spacial score (nSPS) is 12.5. The lowest BCUT2D eigenvalue weighted by Gasteiger charge is -2.12. The molecule has 0 spiro atoms. The van der Waals surface area contributed by atoms with E-state index < -0.39 is 6.67 Å². The first-order valence-corrected chi connectivity index (χ1v) is 5.37.